The first-order chi connectivity index (χ1) is 24.5. The molecule has 4 aromatic rings. The molecule has 6 rings (SSSR count). The highest BCUT2D eigenvalue weighted by molar-refractivity contribution is 9.10. The lowest BCUT2D eigenvalue weighted by atomic mass is 9.88. The summed E-state index contributed by atoms with van der Waals surface area (Å²) in [6.07, 6.45) is 2.65. The molecule has 2 aliphatic rings. The maximum Gasteiger partial charge on any atom is 0.124 e. The Morgan fingerprint density at radius 1 is 0.588 bits per heavy atom. The summed E-state index contributed by atoms with van der Waals surface area (Å²) >= 11 is 19.3. The molecule has 2 fully saturated rings. The Morgan fingerprint density at radius 3 is 1.33 bits per heavy atom. The molecule has 11 heteroatoms. The van der Waals surface area contributed by atoms with Gasteiger partial charge in [-0.3, -0.25) is 9.80 Å². The van der Waals surface area contributed by atoms with Crippen molar-refractivity contribution in [2.24, 2.45) is 0 Å². The molecule has 0 aromatic heterocycles. The average molecular weight is 863 g/mol. The second-order valence-electron chi connectivity index (χ2n) is 13.9. The fraction of sp³-hybridized carbons (Fsp3) is 0.400. The van der Waals surface area contributed by atoms with Crippen molar-refractivity contribution < 1.29 is 19.7 Å². The van der Waals surface area contributed by atoms with Crippen LogP contribution < -0.4 is 14.8 Å². The molecule has 272 valence electrons. The lowest BCUT2D eigenvalue weighted by molar-refractivity contribution is -0.0416. The quantitative estimate of drug-likeness (QED) is 0.117. The lowest BCUT2D eigenvalue weighted by Crippen LogP contribution is -2.54. The Hall–Kier alpha value is -2.18. The largest absolute Gasteiger partial charge is 0.489 e. The van der Waals surface area contributed by atoms with E-state index in [1.165, 1.54) is 0 Å². The first kappa shape index (κ1) is 38.5. The zero-order valence-corrected chi connectivity index (χ0v) is 33.3. The number of halogens is 4. The van der Waals surface area contributed by atoms with E-state index in [0.29, 0.717) is 62.0 Å². The Morgan fingerprint density at radius 2 is 0.961 bits per heavy atom. The van der Waals surface area contributed by atoms with Crippen LogP contribution >= 0.6 is 55.1 Å². The molecular weight excluding hydrogens is 817 g/mol. The minimum Gasteiger partial charge on any atom is -0.489 e. The van der Waals surface area contributed by atoms with Crippen LogP contribution in [0.25, 0.3) is 0 Å². The molecule has 2 heterocycles. The molecule has 0 unspecified atom stereocenters. The van der Waals surface area contributed by atoms with Crippen LogP contribution in [0.15, 0.2) is 93.9 Å². The van der Waals surface area contributed by atoms with Crippen LogP contribution in [0.1, 0.15) is 47.9 Å². The second kappa shape index (κ2) is 17.8. The first-order valence-electron chi connectivity index (χ1n) is 17.4. The Bertz CT molecular complexity index is 1600. The Labute approximate surface area is 328 Å². The number of piperidine rings is 2. The van der Waals surface area contributed by atoms with Gasteiger partial charge >= 0.3 is 0 Å². The summed E-state index contributed by atoms with van der Waals surface area (Å²) in [5, 5.41) is 27.7. The van der Waals surface area contributed by atoms with Crippen molar-refractivity contribution >= 4 is 55.1 Å². The molecular formula is C40H45Br2Cl2N3O4. The van der Waals surface area contributed by atoms with E-state index >= 15 is 0 Å². The maximum absolute atomic E-state index is 11.4. The van der Waals surface area contributed by atoms with Crippen LogP contribution in [-0.2, 0) is 26.3 Å². The fourth-order valence-corrected chi connectivity index (χ4v) is 7.80. The second-order valence-corrected chi connectivity index (χ2v) is 16.6. The van der Waals surface area contributed by atoms with Crippen LogP contribution in [0.5, 0.6) is 11.5 Å². The predicted molar refractivity (Wildman–Crippen MR) is 212 cm³/mol. The SMILES string of the molecule is OC1(CNCC2(O)CCN(Cc3cc(Br)ccc3OCc3ccc(Cl)cc3)CC2)CCN(Cc2cc(Br)ccc2OCc2ccc(Cl)cc2)CC1. The van der Waals surface area contributed by atoms with E-state index in [4.69, 9.17) is 32.7 Å². The third-order valence-corrected chi connectivity index (χ3v) is 11.4. The molecule has 0 spiro atoms. The molecule has 2 aliphatic heterocycles. The van der Waals surface area contributed by atoms with Crippen LogP contribution in [0.3, 0.4) is 0 Å². The highest BCUT2D eigenvalue weighted by Crippen LogP contribution is 2.31. The minimum absolute atomic E-state index is 0.464. The molecule has 0 atom stereocenters. The molecule has 0 bridgehead atoms. The van der Waals surface area contributed by atoms with E-state index in [-0.39, 0.29) is 0 Å². The van der Waals surface area contributed by atoms with Crippen LogP contribution in [-0.4, -0.2) is 70.5 Å². The van der Waals surface area contributed by atoms with Crippen LogP contribution in [0.4, 0.5) is 0 Å². The molecule has 0 saturated carbocycles. The monoisotopic (exact) mass is 859 g/mol. The van der Waals surface area contributed by atoms with E-state index in [9.17, 15) is 10.2 Å². The van der Waals surface area contributed by atoms with Crippen molar-refractivity contribution in [3.8, 4) is 11.5 Å². The zero-order valence-electron chi connectivity index (χ0n) is 28.6. The van der Waals surface area contributed by atoms with Crippen LogP contribution in [0.2, 0.25) is 10.0 Å². The van der Waals surface area contributed by atoms with Crippen molar-refractivity contribution in [3.05, 3.63) is 126 Å². The number of nitrogens with one attached hydrogen (secondary N) is 1. The number of hydrogen-bond donors (Lipinski definition) is 3. The highest BCUT2D eigenvalue weighted by atomic mass is 79.9. The van der Waals surface area contributed by atoms with Gasteiger partial charge < -0.3 is 25.0 Å². The first-order valence-corrected chi connectivity index (χ1v) is 19.8. The molecule has 2 saturated heterocycles. The average Bonchev–Trinajstić information content (AvgIpc) is 3.11. The van der Waals surface area contributed by atoms with Gasteiger partial charge in [-0.05, 0) is 97.5 Å². The molecule has 3 N–H and O–H groups in total. The topological polar surface area (TPSA) is 77.4 Å². The van der Waals surface area contributed by atoms with Gasteiger partial charge in [0.05, 0.1) is 11.2 Å². The lowest BCUT2D eigenvalue weighted by Gasteiger charge is -2.41. The Balaban J connectivity index is 0.932. The number of nitrogens with zero attached hydrogens (tertiary/aromatic N) is 2. The molecule has 51 heavy (non-hydrogen) atoms. The standard InChI is InChI=1S/C40H45Br2Cl2N3O4/c41-33-5-11-37(50-25-29-1-7-35(43)8-2-29)31(21-33)23-46-17-13-39(48,14-18-46)27-45-28-40(49)15-19-47(20-16-40)24-32-22-34(42)6-12-38(32)51-26-30-3-9-36(44)10-4-30/h1-12,21-22,45,48-49H,13-20,23-28H2. The van der Waals surface area contributed by atoms with Crippen LogP contribution in [0, 0.1) is 0 Å². The smallest absolute Gasteiger partial charge is 0.124 e. The summed E-state index contributed by atoms with van der Waals surface area (Å²) < 4.78 is 14.4. The summed E-state index contributed by atoms with van der Waals surface area (Å²) in [6.45, 7) is 6.46. The van der Waals surface area contributed by atoms with Gasteiger partial charge in [0.15, 0.2) is 0 Å². The zero-order chi connectivity index (χ0) is 35.8. The third kappa shape index (κ3) is 11.4. The maximum atomic E-state index is 11.4. The summed E-state index contributed by atoms with van der Waals surface area (Å²) in [6, 6.07) is 27.6. The van der Waals surface area contributed by atoms with Gasteiger partial charge in [-0.25, -0.2) is 0 Å². The molecule has 0 aliphatic carbocycles. The highest BCUT2D eigenvalue weighted by Gasteiger charge is 2.36. The fourth-order valence-electron chi connectivity index (χ4n) is 6.73. The number of hydrogen-bond acceptors (Lipinski definition) is 7. The van der Waals surface area contributed by atoms with Crippen molar-refractivity contribution in [2.45, 2.75) is 63.2 Å². The molecule has 7 nitrogen and oxygen atoms in total. The normalized spacial score (nSPS) is 17.7. The van der Waals surface area contributed by atoms with Crippen molar-refractivity contribution in [1.82, 2.24) is 15.1 Å². The van der Waals surface area contributed by atoms with Gasteiger partial charge in [0.25, 0.3) is 0 Å². The number of aliphatic hydroxyl groups is 2. The van der Waals surface area contributed by atoms with Crippen molar-refractivity contribution in [2.75, 3.05) is 39.3 Å². The van der Waals surface area contributed by atoms with E-state index < -0.39 is 11.2 Å². The van der Waals surface area contributed by atoms with E-state index in [2.05, 4.69) is 59.1 Å². The summed E-state index contributed by atoms with van der Waals surface area (Å²) in [5.74, 6) is 1.71. The van der Waals surface area contributed by atoms with E-state index in [1.54, 1.807) is 0 Å². The molecule has 0 radical (unpaired) electrons. The van der Waals surface area contributed by atoms with Gasteiger partial charge in [0.1, 0.15) is 24.7 Å². The summed E-state index contributed by atoms with van der Waals surface area (Å²) in [5.41, 5.74) is 2.73. The van der Waals surface area contributed by atoms with Gasteiger partial charge in [0, 0.05) is 82.5 Å². The van der Waals surface area contributed by atoms with E-state index in [1.807, 2.05) is 72.8 Å². The number of likely N-dealkylation sites (tertiary alicyclic amines) is 2. The summed E-state index contributed by atoms with van der Waals surface area (Å²) in [7, 11) is 0. The van der Waals surface area contributed by atoms with Gasteiger partial charge in [-0.1, -0.05) is 79.3 Å². The summed E-state index contributed by atoms with van der Waals surface area (Å²) in [4.78, 5) is 4.74. The van der Waals surface area contributed by atoms with Gasteiger partial charge in [-0.2, -0.15) is 0 Å². The van der Waals surface area contributed by atoms with E-state index in [0.717, 1.165) is 82.0 Å². The third-order valence-electron chi connectivity index (χ3n) is 9.93. The number of ether oxygens (including phenoxy) is 2. The predicted octanol–water partition coefficient (Wildman–Crippen LogP) is 8.62. The molecule has 4 aromatic carbocycles. The number of rotatable bonds is 14. The van der Waals surface area contributed by atoms with Gasteiger partial charge in [-0.15, -0.1) is 0 Å². The Kier molecular flexibility index (Phi) is 13.4. The van der Waals surface area contributed by atoms with Gasteiger partial charge in [0.2, 0.25) is 0 Å². The van der Waals surface area contributed by atoms with Crippen molar-refractivity contribution in [1.29, 1.82) is 0 Å². The number of benzene rings is 4. The molecule has 0 amide bonds. The minimum atomic E-state index is -0.804. The van der Waals surface area contributed by atoms with Crippen molar-refractivity contribution in [3.63, 3.8) is 0 Å².